The number of aryl methyl sites for hydroxylation is 1. The summed E-state index contributed by atoms with van der Waals surface area (Å²) in [6, 6.07) is 17.4. The molecular formula is C21H16ClN2O+. The molecule has 0 amide bonds. The van der Waals surface area contributed by atoms with Crippen LogP contribution in [0, 0.1) is 0 Å². The lowest BCUT2D eigenvalue weighted by Crippen LogP contribution is -2.32. The van der Waals surface area contributed by atoms with Crippen molar-refractivity contribution < 1.29 is 9.67 Å². The van der Waals surface area contributed by atoms with Gasteiger partial charge in [0.05, 0.1) is 0 Å². The van der Waals surface area contributed by atoms with Crippen molar-refractivity contribution >= 4 is 45.6 Å². The number of nitrogens with zero attached hydrogens (tertiary/aromatic N) is 2. The lowest BCUT2D eigenvalue weighted by atomic mass is 10.1. The number of fused-ring (bicyclic) bond motifs is 2. The zero-order valence-electron chi connectivity index (χ0n) is 13.6. The summed E-state index contributed by atoms with van der Waals surface area (Å²) in [6.07, 6.45) is 5.77. The monoisotopic (exact) mass is 347 g/mol. The van der Waals surface area contributed by atoms with E-state index in [2.05, 4.69) is 27.8 Å². The number of halogens is 1. The van der Waals surface area contributed by atoms with Gasteiger partial charge in [-0.25, -0.2) is 0 Å². The number of pyridine rings is 2. The molecule has 0 aliphatic heterocycles. The number of phenols is 1. The smallest absolute Gasteiger partial charge is 0.214 e. The number of hydrogen-bond donors (Lipinski definition) is 1. The molecule has 0 saturated heterocycles. The SMILES string of the molecule is C[n+]1c(C=Cc2ccc(O)c3ncccc23)ccc2ccc(Cl)cc21. The molecule has 4 heteroatoms. The van der Waals surface area contributed by atoms with Gasteiger partial charge in [0.25, 0.3) is 0 Å². The normalized spacial score (nSPS) is 11.6. The van der Waals surface area contributed by atoms with Gasteiger partial charge < -0.3 is 5.11 Å². The number of rotatable bonds is 2. The molecule has 0 aliphatic rings. The van der Waals surface area contributed by atoms with Gasteiger partial charge in [-0.15, -0.1) is 0 Å². The molecule has 3 nitrogen and oxygen atoms in total. The zero-order valence-corrected chi connectivity index (χ0v) is 14.4. The van der Waals surface area contributed by atoms with E-state index in [0.29, 0.717) is 5.52 Å². The quantitative estimate of drug-likeness (QED) is 0.532. The number of aromatic nitrogens is 2. The van der Waals surface area contributed by atoms with Gasteiger partial charge in [-0.2, -0.15) is 4.57 Å². The Balaban J connectivity index is 1.82. The van der Waals surface area contributed by atoms with E-state index in [1.807, 2.05) is 49.5 Å². The van der Waals surface area contributed by atoms with E-state index in [9.17, 15) is 5.11 Å². The molecule has 25 heavy (non-hydrogen) atoms. The summed E-state index contributed by atoms with van der Waals surface area (Å²) in [7, 11) is 2.02. The van der Waals surface area contributed by atoms with Crippen molar-refractivity contribution in [1.82, 2.24) is 4.98 Å². The van der Waals surface area contributed by atoms with Crippen LogP contribution < -0.4 is 4.57 Å². The van der Waals surface area contributed by atoms with Gasteiger partial charge in [-0.3, -0.25) is 4.98 Å². The van der Waals surface area contributed by atoms with E-state index in [4.69, 9.17) is 11.6 Å². The van der Waals surface area contributed by atoms with Gasteiger partial charge in [0.2, 0.25) is 11.2 Å². The van der Waals surface area contributed by atoms with Crippen LogP contribution in [0.2, 0.25) is 5.02 Å². The van der Waals surface area contributed by atoms with Crippen molar-refractivity contribution in [3.63, 3.8) is 0 Å². The second kappa shape index (κ2) is 6.19. The average molecular weight is 348 g/mol. The topological polar surface area (TPSA) is 37.0 Å². The predicted molar refractivity (Wildman–Crippen MR) is 102 cm³/mol. The fraction of sp³-hybridized carbons (Fsp3) is 0.0476. The Morgan fingerprint density at radius 2 is 1.88 bits per heavy atom. The lowest BCUT2D eigenvalue weighted by Gasteiger charge is -2.04. The van der Waals surface area contributed by atoms with Crippen molar-refractivity contribution in [2.45, 2.75) is 0 Å². The fourth-order valence-electron chi connectivity index (χ4n) is 3.04. The molecule has 2 aromatic heterocycles. The van der Waals surface area contributed by atoms with Crippen LogP contribution in [0.5, 0.6) is 5.75 Å². The molecule has 0 unspecified atom stereocenters. The summed E-state index contributed by atoms with van der Waals surface area (Å²) >= 11 is 6.13. The van der Waals surface area contributed by atoms with Gasteiger partial charge in [-0.1, -0.05) is 23.7 Å². The molecule has 0 radical (unpaired) electrons. The lowest BCUT2D eigenvalue weighted by molar-refractivity contribution is -0.646. The second-order valence-electron chi connectivity index (χ2n) is 5.93. The van der Waals surface area contributed by atoms with Gasteiger partial charge in [0.1, 0.15) is 18.3 Å². The first kappa shape index (κ1) is 15.6. The molecular weight excluding hydrogens is 332 g/mol. The molecule has 0 bridgehead atoms. The molecule has 0 spiro atoms. The largest absolute Gasteiger partial charge is 0.506 e. The van der Waals surface area contributed by atoms with Crippen molar-refractivity contribution in [3.8, 4) is 5.75 Å². The van der Waals surface area contributed by atoms with Crippen LogP contribution in [0.4, 0.5) is 0 Å². The maximum Gasteiger partial charge on any atom is 0.214 e. The highest BCUT2D eigenvalue weighted by Gasteiger charge is 2.10. The van der Waals surface area contributed by atoms with Gasteiger partial charge >= 0.3 is 0 Å². The molecule has 1 N–H and O–H groups in total. The Hall–Kier alpha value is -2.91. The van der Waals surface area contributed by atoms with Crippen molar-refractivity contribution in [2.24, 2.45) is 7.05 Å². The van der Waals surface area contributed by atoms with Crippen LogP contribution in [-0.4, -0.2) is 10.1 Å². The third-order valence-corrected chi connectivity index (χ3v) is 4.63. The summed E-state index contributed by atoms with van der Waals surface area (Å²) < 4.78 is 2.11. The van der Waals surface area contributed by atoms with Crippen LogP contribution in [-0.2, 0) is 7.05 Å². The van der Waals surface area contributed by atoms with E-state index in [-0.39, 0.29) is 5.75 Å². The summed E-state index contributed by atoms with van der Waals surface area (Å²) in [6.45, 7) is 0. The molecule has 0 atom stereocenters. The third kappa shape index (κ3) is 2.83. The van der Waals surface area contributed by atoms with E-state index in [1.54, 1.807) is 12.3 Å². The van der Waals surface area contributed by atoms with Gasteiger partial charge in [-0.05, 0) is 42.0 Å². The molecule has 2 aromatic carbocycles. The Morgan fingerprint density at radius 1 is 1.04 bits per heavy atom. The highest BCUT2D eigenvalue weighted by molar-refractivity contribution is 6.31. The van der Waals surface area contributed by atoms with Crippen LogP contribution in [0.15, 0.2) is 60.8 Å². The van der Waals surface area contributed by atoms with E-state index >= 15 is 0 Å². The summed E-state index contributed by atoms with van der Waals surface area (Å²) in [5, 5.41) is 12.8. The fourth-order valence-corrected chi connectivity index (χ4v) is 3.21. The Bertz CT molecular complexity index is 1140. The van der Waals surface area contributed by atoms with Crippen molar-refractivity contribution in [1.29, 1.82) is 0 Å². The highest BCUT2D eigenvalue weighted by Crippen LogP contribution is 2.26. The standard InChI is InChI=1S/C21H15ClN2O/c1-24-17(10-6-15-4-8-16(22)13-19(15)24)9-5-14-7-11-20(25)21-18(14)3-2-12-23-21/h2-13H,1H3/p+1. The summed E-state index contributed by atoms with van der Waals surface area (Å²) in [4.78, 5) is 4.26. The second-order valence-corrected chi connectivity index (χ2v) is 6.36. The first-order valence-electron chi connectivity index (χ1n) is 7.96. The molecule has 0 saturated carbocycles. The summed E-state index contributed by atoms with van der Waals surface area (Å²) in [5.41, 5.74) is 3.75. The minimum absolute atomic E-state index is 0.193. The number of phenolic OH excluding ortho intramolecular Hbond substituents is 1. The molecule has 0 aliphatic carbocycles. The Labute approximate surface area is 150 Å². The Morgan fingerprint density at radius 3 is 2.76 bits per heavy atom. The molecule has 0 fully saturated rings. The predicted octanol–water partition coefficient (Wildman–Crippen LogP) is 4.74. The van der Waals surface area contributed by atoms with Crippen LogP contribution in [0.25, 0.3) is 34.0 Å². The molecule has 4 aromatic rings. The van der Waals surface area contributed by atoms with Crippen LogP contribution >= 0.6 is 11.6 Å². The molecule has 2 heterocycles. The highest BCUT2D eigenvalue weighted by atomic mass is 35.5. The van der Waals surface area contributed by atoms with Crippen LogP contribution in [0.1, 0.15) is 11.3 Å². The van der Waals surface area contributed by atoms with Gasteiger partial charge in [0, 0.05) is 40.2 Å². The average Bonchev–Trinajstić information content (AvgIpc) is 2.63. The third-order valence-electron chi connectivity index (χ3n) is 4.39. The molecule has 122 valence electrons. The van der Waals surface area contributed by atoms with Crippen LogP contribution in [0.3, 0.4) is 0 Å². The van der Waals surface area contributed by atoms with Crippen molar-refractivity contribution in [3.05, 3.63) is 77.1 Å². The first-order valence-corrected chi connectivity index (χ1v) is 8.34. The Kier molecular flexibility index (Phi) is 3.86. The van der Waals surface area contributed by atoms with Gasteiger partial charge in [0.15, 0.2) is 0 Å². The number of hydrogen-bond acceptors (Lipinski definition) is 2. The summed E-state index contributed by atoms with van der Waals surface area (Å²) in [5.74, 6) is 0.193. The van der Waals surface area contributed by atoms with E-state index in [0.717, 1.165) is 32.6 Å². The maximum atomic E-state index is 9.97. The number of benzene rings is 2. The van der Waals surface area contributed by atoms with E-state index in [1.165, 1.54) is 0 Å². The minimum atomic E-state index is 0.193. The zero-order chi connectivity index (χ0) is 17.4. The molecule has 4 rings (SSSR count). The number of aromatic hydroxyl groups is 1. The maximum absolute atomic E-state index is 9.97. The van der Waals surface area contributed by atoms with Crippen molar-refractivity contribution in [2.75, 3.05) is 0 Å². The van der Waals surface area contributed by atoms with E-state index < -0.39 is 0 Å². The first-order chi connectivity index (χ1) is 12.1. The minimum Gasteiger partial charge on any atom is -0.506 e.